The summed E-state index contributed by atoms with van der Waals surface area (Å²) < 4.78 is 7.83. The van der Waals surface area contributed by atoms with Gasteiger partial charge in [0.25, 0.3) is 5.91 Å². The quantitative estimate of drug-likeness (QED) is 0.786. The molecule has 1 N–H and O–H groups in total. The number of nitrogens with zero attached hydrogens (tertiary/aromatic N) is 3. The molecule has 0 aliphatic carbocycles. The van der Waals surface area contributed by atoms with Crippen LogP contribution in [0, 0.1) is 6.92 Å². The van der Waals surface area contributed by atoms with Crippen LogP contribution in [-0.4, -0.2) is 26.7 Å². The summed E-state index contributed by atoms with van der Waals surface area (Å²) in [5.74, 6) is 3.29. The molecule has 2 aromatic carbocycles. The molecule has 1 aliphatic rings. The Morgan fingerprint density at radius 1 is 1.08 bits per heavy atom. The number of rotatable bonds is 4. The predicted octanol–water partition coefficient (Wildman–Crippen LogP) is 3.12. The van der Waals surface area contributed by atoms with E-state index < -0.39 is 0 Å². The maximum atomic E-state index is 12.5. The lowest BCUT2D eigenvalue weighted by molar-refractivity contribution is 0.0927. The minimum absolute atomic E-state index is 0.0737. The molecule has 0 saturated heterocycles. The van der Waals surface area contributed by atoms with Crippen LogP contribution in [0.3, 0.4) is 0 Å². The van der Waals surface area contributed by atoms with Crippen LogP contribution in [0.15, 0.2) is 54.6 Å². The van der Waals surface area contributed by atoms with Crippen LogP contribution in [0.2, 0.25) is 0 Å². The van der Waals surface area contributed by atoms with Crippen molar-refractivity contribution >= 4 is 5.91 Å². The topological polar surface area (TPSA) is 69.0 Å². The molecule has 1 aliphatic heterocycles. The molecule has 1 atom stereocenters. The summed E-state index contributed by atoms with van der Waals surface area (Å²) >= 11 is 0. The SMILES string of the molecule is Cc1nnc2n1C[C@H](NC(=O)c1ccc(Oc3ccccc3)cc1)CC2. The van der Waals surface area contributed by atoms with Crippen molar-refractivity contribution in [1.29, 1.82) is 0 Å². The van der Waals surface area contributed by atoms with Crippen LogP contribution in [-0.2, 0) is 13.0 Å². The molecule has 6 heteroatoms. The molecule has 0 unspecified atom stereocenters. The lowest BCUT2D eigenvalue weighted by Gasteiger charge is -2.25. The largest absolute Gasteiger partial charge is 0.457 e. The Morgan fingerprint density at radius 3 is 2.58 bits per heavy atom. The minimum Gasteiger partial charge on any atom is -0.457 e. The highest BCUT2D eigenvalue weighted by atomic mass is 16.5. The number of para-hydroxylation sites is 1. The van der Waals surface area contributed by atoms with Gasteiger partial charge in [-0.3, -0.25) is 4.79 Å². The number of nitrogens with one attached hydrogen (secondary N) is 1. The molecular weight excluding hydrogens is 328 g/mol. The van der Waals surface area contributed by atoms with Crippen molar-refractivity contribution in [2.24, 2.45) is 0 Å². The van der Waals surface area contributed by atoms with Gasteiger partial charge in [-0.2, -0.15) is 0 Å². The predicted molar refractivity (Wildman–Crippen MR) is 97.3 cm³/mol. The monoisotopic (exact) mass is 348 g/mol. The molecular formula is C20H20N4O2. The Bertz CT molecular complexity index is 903. The van der Waals surface area contributed by atoms with Crippen LogP contribution in [0.4, 0.5) is 0 Å². The van der Waals surface area contributed by atoms with Crippen molar-refractivity contribution in [3.8, 4) is 11.5 Å². The summed E-state index contributed by atoms with van der Waals surface area (Å²) in [7, 11) is 0. The fourth-order valence-electron chi connectivity index (χ4n) is 3.15. The number of aryl methyl sites for hydroxylation is 2. The van der Waals surface area contributed by atoms with Gasteiger partial charge in [0.05, 0.1) is 0 Å². The third-order valence-corrected chi connectivity index (χ3v) is 4.56. The highest BCUT2D eigenvalue weighted by molar-refractivity contribution is 5.94. The van der Waals surface area contributed by atoms with Crippen molar-refractivity contribution < 1.29 is 9.53 Å². The zero-order valence-electron chi connectivity index (χ0n) is 14.6. The second-order valence-corrected chi connectivity index (χ2v) is 6.42. The first-order chi connectivity index (χ1) is 12.7. The van der Waals surface area contributed by atoms with E-state index >= 15 is 0 Å². The van der Waals surface area contributed by atoms with Gasteiger partial charge in [-0.05, 0) is 49.7 Å². The molecule has 6 nitrogen and oxygen atoms in total. The third kappa shape index (κ3) is 3.44. The second kappa shape index (κ2) is 7.00. The van der Waals surface area contributed by atoms with Gasteiger partial charge in [0.2, 0.25) is 0 Å². The Kier molecular flexibility index (Phi) is 4.39. The Labute approximate surface area is 151 Å². The van der Waals surface area contributed by atoms with Gasteiger partial charge in [-0.1, -0.05) is 18.2 Å². The molecule has 1 aromatic heterocycles. The molecule has 0 fully saturated rings. The van der Waals surface area contributed by atoms with E-state index in [9.17, 15) is 4.79 Å². The van der Waals surface area contributed by atoms with E-state index in [-0.39, 0.29) is 11.9 Å². The van der Waals surface area contributed by atoms with E-state index in [4.69, 9.17) is 4.74 Å². The lowest BCUT2D eigenvalue weighted by Crippen LogP contribution is -2.41. The first-order valence-corrected chi connectivity index (χ1v) is 8.71. The highest BCUT2D eigenvalue weighted by Gasteiger charge is 2.23. The number of ether oxygens (including phenoxy) is 1. The number of carbonyl (C=O) groups excluding carboxylic acids is 1. The van der Waals surface area contributed by atoms with E-state index in [1.54, 1.807) is 12.1 Å². The van der Waals surface area contributed by atoms with Crippen LogP contribution in [0.25, 0.3) is 0 Å². The lowest BCUT2D eigenvalue weighted by atomic mass is 10.1. The highest BCUT2D eigenvalue weighted by Crippen LogP contribution is 2.21. The van der Waals surface area contributed by atoms with Gasteiger partial charge < -0.3 is 14.6 Å². The molecule has 4 rings (SSSR count). The maximum absolute atomic E-state index is 12.5. The van der Waals surface area contributed by atoms with Crippen molar-refractivity contribution in [1.82, 2.24) is 20.1 Å². The van der Waals surface area contributed by atoms with Gasteiger partial charge >= 0.3 is 0 Å². The summed E-state index contributed by atoms with van der Waals surface area (Å²) in [6, 6.07) is 16.8. The van der Waals surface area contributed by atoms with Gasteiger partial charge in [0.1, 0.15) is 23.1 Å². The van der Waals surface area contributed by atoms with Gasteiger partial charge in [0.15, 0.2) is 0 Å². The van der Waals surface area contributed by atoms with E-state index in [1.807, 2.05) is 49.4 Å². The summed E-state index contributed by atoms with van der Waals surface area (Å²) in [5, 5.41) is 11.4. The van der Waals surface area contributed by atoms with Crippen molar-refractivity contribution in [3.05, 3.63) is 71.8 Å². The Morgan fingerprint density at radius 2 is 1.81 bits per heavy atom. The number of aromatic nitrogens is 3. The van der Waals surface area contributed by atoms with Gasteiger partial charge in [0, 0.05) is 24.6 Å². The molecule has 26 heavy (non-hydrogen) atoms. The third-order valence-electron chi connectivity index (χ3n) is 4.56. The number of hydrogen-bond acceptors (Lipinski definition) is 4. The van der Waals surface area contributed by atoms with Crippen LogP contribution in [0.1, 0.15) is 28.4 Å². The molecule has 0 radical (unpaired) electrons. The summed E-state index contributed by atoms with van der Waals surface area (Å²) in [4.78, 5) is 12.5. The van der Waals surface area contributed by atoms with Crippen molar-refractivity contribution in [2.45, 2.75) is 32.4 Å². The summed E-state index contributed by atoms with van der Waals surface area (Å²) in [6.07, 6.45) is 1.70. The summed E-state index contributed by atoms with van der Waals surface area (Å²) in [5.41, 5.74) is 0.622. The number of benzene rings is 2. The van der Waals surface area contributed by atoms with Crippen LogP contribution < -0.4 is 10.1 Å². The maximum Gasteiger partial charge on any atom is 0.251 e. The number of amides is 1. The zero-order chi connectivity index (χ0) is 17.9. The van der Waals surface area contributed by atoms with Crippen LogP contribution in [0.5, 0.6) is 11.5 Å². The Balaban J connectivity index is 1.39. The summed E-state index contributed by atoms with van der Waals surface area (Å²) in [6.45, 7) is 2.65. The van der Waals surface area contributed by atoms with Gasteiger partial charge in [-0.25, -0.2) is 0 Å². The van der Waals surface area contributed by atoms with E-state index in [0.717, 1.165) is 36.8 Å². The fourth-order valence-corrected chi connectivity index (χ4v) is 3.15. The van der Waals surface area contributed by atoms with Crippen LogP contribution >= 0.6 is 0 Å². The molecule has 1 amide bonds. The average Bonchev–Trinajstić information content (AvgIpc) is 3.04. The first-order valence-electron chi connectivity index (χ1n) is 8.71. The minimum atomic E-state index is -0.0737. The van der Waals surface area contributed by atoms with E-state index in [1.165, 1.54) is 0 Å². The second-order valence-electron chi connectivity index (χ2n) is 6.42. The molecule has 3 aromatic rings. The number of carbonyl (C=O) groups is 1. The Hall–Kier alpha value is -3.15. The standard InChI is InChI=1S/C20H20N4O2/c1-14-22-23-19-12-9-16(13-24(14)19)21-20(25)15-7-10-18(11-8-15)26-17-5-3-2-4-6-17/h2-8,10-11,16H,9,12-13H2,1H3,(H,21,25)/t16-/m1/s1. The van der Waals surface area contributed by atoms with Gasteiger partial charge in [-0.15, -0.1) is 10.2 Å². The molecule has 2 heterocycles. The molecule has 0 spiro atoms. The van der Waals surface area contributed by atoms with Crippen molar-refractivity contribution in [2.75, 3.05) is 0 Å². The number of fused-ring (bicyclic) bond motifs is 1. The molecule has 0 saturated carbocycles. The van der Waals surface area contributed by atoms with Crippen molar-refractivity contribution in [3.63, 3.8) is 0 Å². The average molecular weight is 348 g/mol. The molecule has 132 valence electrons. The number of hydrogen-bond donors (Lipinski definition) is 1. The zero-order valence-corrected chi connectivity index (χ0v) is 14.6. The first kappa shape index (κ1) is 16.3. The smallest absolute Gasteiger partial charge is 0.251 e. The van der Waals surface area contributed by atoms with E-state index in [0.29, 0.717) is 11.3 Å². The normalized spacial score (nSPS) is 16.0. The fraction of sp³-hybridized carbons (Fsp3) is 0.250. The van der Waals surface area contributed by atoms with E-state index in [2.05, 4.69) is 20.1 Å². The molecule has 0 bridgehead atoms.